The maximum Gasteiger partial charge on any atom is 0.349 e. The van der Waals surface area contributed by atoms with Gasteiger partial charge in [-0.3, -0.25) is 0 Å². The number of esters is 2. The van der Waals surface area contributed by atoms with Crippen LogP contribution in [0.1, 0.15) is 28.4 Å². The summed E-state index contributed by atoms with van der Waals surface area (Å²) >= 11 is 0. The van der Waals surface area contributed by atoms with Crippen molar-refractivity contribution >= 4 is 11.9 Å². The number of benzene rings is 2. The lowest BCUT2D eigenvalue weighted by Gasteiger charge is -2.10. The molecule has 0 aliphatic rings. The van der Waals surface area contributed by atoms with Crippen molar-refractivity contribution in [3.05, 3.63) is 59.2 Å². The summed E-state index contributed by atoms with van der Waals surface area (Å²) in [4.78, 5) is 23.6. The molecule has 0 fully saturated rings. The van der Waals surface area contributed by atoms with E-state index in [1.54, 1.807) is 25.1 Å². The standard InChI is InChI=1S/C19H20O5/c1-4-22-19(21)15-6-5-7-16(11-15)24-18(20)12-23-17-10-13(2)8-9-14(17)3/h5-11H,4,12H2,1-3H3. The van der Waals surface area contributed by atoms with Gasteiger partial charge < -0.3 is 14.2 Å². The van der Waals surface area contributed by atoms with Crippen molar-refractivity contribution in [3.63, 3.8) is 0 Å². The molecule has 5 nitrogen and oxygen atoms in total. The van der Waals surface area contributed by atoms with Gasteiger partial charge in [0.1, 0.15) is 11.5 Å². The van der Waals surface area contributed by atoms with Gasteiger partial charge in [-0.05, 0) is 56.2 Å². The Hall–Kier alpha value is -2.82. The predicted molar refractivity (Wildman–Crippen MR) is 89.4 cm³/mol. The van der Waals surface area contributed by atoms with Gasteiger partial charge in [-0.2, -0.15) is 0 Å². The third kappa shape index (κ3) is 4.84. The van der Waals surface area contributed by atoms with E-state index in [0.717, 1.165) is 11.1 Å². The number of hydrogen-bond donors (Lipinski definition) is 0. The molecule has 126 valence electrons. The highest BCUT2D eigenvalue weighted by Crippen LogP contribution is 2.19. The van der Waals surface area contributed by atoms with E-state index in [1.807, 2.05) is 32.0 Å². The number of aryl methyl sites for hydroxylation is 2. The predicted octanol–water partition coefficient (Wildman–Crippen LogP) is 3.46. The molecule has 0 heterocycles. The summed E-state index contributed by atoms with van der Waals surface area (Å²) in [7, 11) is 0. The molecule has 0 atom stereocenters. The quantitative estimate of drug-likeness (QED) is 0.600. The molecular formula is C19H20O5. The van der Waals surface area contributed by atoms with E-state index in [4.69, 9.17) is 14.2 Å². The molecule has 0 aliphatic carbocycles. The van der Waals surface area contributed by atoms with E-state index in [9.17, 15) is 9.59 Å². The Morgan fingerprint density at radius 3 is 2.58 bits per heavy atom. The average molecular weight is 328 g/mol. The van der Waals surface area contributed by atoms with Gasteiger partial charge in [-0.25, -0.2) is 9.59 Å². The van der Waals surface area contributed by atoms with Gasteiger partial charge in [0.05, 0.1) is 12.2 Å². The number of hydrogen-bond acceptors (Lipinski definition) is 5. The zero-order chi connectivity index (χ0) is 17.5. The molecule has 0 aliphatic heterocycles. The monoisotopic (exact) mass is 328 g/mol. The number of ether oxygens (including phenoxy) is 3. The summed E-state index contributed by atoms with van der Waals surface area (Å²) in [6.45, 7) is 5.65. The van der Waals surface area contributed by atoms with Crippen LogP contribution in [0, 0.1) is 13.8 Å². The lowest BCUT2D eigenvalue weighted by molar-refractivity contribution is -0.136. The van der Waals surface area contributed by atoms with Crippen molar-refractivity contribution < 1.29 is 23.8 Å². The van der Waals surface area contributed by atoms with Gasteiger partial charge in [-0.1, -0.05) is 18.2 Å². The lowest BCUT2D eigenvalue weighted by atomic mass is 10.1. The zero-order valence-corrected chi connectivity index (χ0v) is 14.0. The van der Waals surface area contributed by atoms with Crippen LogP contribution in [0.2, 0.25) is 0 Å². The van der Waals surface area contributed by atoms with Gasteiger partial charge in [0, 0.05) is 0 Å². The normalized spacial score (nSPS) is 10.1. The molecule has 0 aromatic heterocycles. The molecule has 0 bridgehead atoms. The van der Waals surface area contributed by atoms with Crippen molar-refractivity contribution in [2.45, 2.75) is 20.8 Å². The Morgan fingerprint density at radius 1 is 1.04 bits per heavy atom. The first-order chi connectivity index (χ1) is 11.5. The fourth-order valence-electron chi connectivity index (χ4n) is 2.06. The van der Waals surface area contributed by atoms with Crippen LogP contribution >= 0.6 is 0 Å². The Balaban J connectivity index is 1.96. The topological polar surface area (TPSA) is 61.8 Å². The molecule has 2 aromatic carbocycles. The summed E-state index contributed by atoms with van der Waals surface area (Å²) in [5, 5.41) is 0. The molecule has 0 spiro atoms. The first kappa shape index (κ1) is 17.5. The third-order valence-corrected chi connectivity index (χ3v) is 3.27. The van der Waals surface area contributed by atoms with Crippen molar-refractivity contribution in [2.75, 3.05) is 13.2 Å². The molecule has 0 radical (unpaired) electrons. The Kier molecular flexibility index (Phi) is 5.95. The SMILES string of the molecule is CCOC(=O)c1cccc(OC(=O)COc2cc(C)ccc2C)c1. The largest absolute Gasteiger partial charge is 0.482 e. The molecule has 2 aromatic rings. The van der Waals surface area contributed by atoms with E-state index in [0.29, 0.717) is 11.3 Å². The summed E-state index contributed by atoms with van der Waals surface area (Å²) in [5.74, 6) is -0.0821. The fourth-order valence-corrected chi connectivity index (χ4v) is 2.06. The van der Waals surface area contributed by atoms with Crippen LogP contribution < -0.4 is 9.47 Å². The van der Waals surface area contributed by atoms with Gasteiger partial charge in [0.25, 0.3) is 0 Å². The van der Waals surface area contributed by atoms with E-state index >= 15 is 0 Å². The lowest BCUT2D eigenvalue weighted by Crippen LogP contribution is -2.18. The molecular weight excluding hydrogens is 308 g/mol. The summed E-state index contributed by atoms with van der Waals surface area (Å²) in [5.41, 5.74) is 2.32. The highest BCUT2D eigenvalue weighted by molar-refractivity contribution is 5.90. The molecule has 0 saturated heterocycles. The van der Waals surface area contributed by atoms with Crippen molar-refractivity contribution in [1.29, 1.82) is 0 Å². The van der Waals surface area contributed by atoms with Gasteiger partial charge >= 0.3 is 11.9 Å². The maximum atomic E-state index is 11.9. The molecule has 24 heavy (non-hydrogen) atoms. The molecule has 5 heteroatoms. The maximum absolute atomic E-state index is 11.9. The van der Waals surface area contributed by atoms with Gasteiger partial charge in [0.15, 0.2) is 6.61 Å². The zero-order valence-electron chi connectivity index (χ0n) is 14.0. The number of rotatable bonds is 6. The second-order valence-electron chi connectivity index (χ2n) is 5.28. The van der Waals surface area contributed by atoms with Crippen LogP contribution in [0.15, 0.2) is 42.5 Å². The van der Waals surface area contributed by atoms with E-state index < -0.39 is 11.9 Å². The Morgan fingerprint density at radius 2 is 1.83 bits per heavy atom. The summed E-state index contributed by atoms with van der Waals surface area (Å²) in [6.07, 6.45) is 0. The second-order valence-corrected chi connectivity index (χ2v) is 5.28. The van der Waals surface area contributed by atoms with Crippen molar-refractivity contribution in [3.8, 4) is 11.5 Å². The summed E-state index contributed by atoms with van der Waals surface area (Å²) in [6, 6.07) is 12.1. The van der Waals surface area contributed by atoms with Crippen LogP contribution in [-0.2, 0) is 9.53 Å². The first-order valence-corrected chi connectivity index (χ1v) is 7.67. The third-order valence-electron chi connectivity index (χ3n) is 3.27. The highest BCUT2D eigenvalue weighted by atomic mass is 16.6. The molecule has 0 saturated carbocycles. The Bertz CT molecular complexity index is 736. The highest BCUT2D eigenvalue weighted by Gasteiger charge is 2.11. The molecule has 0 amide bonds. The van der Waals surface area contributed by atoms with E-state index in [1.165, 1.54) is 6.07 Å². The van der Waals surface area contributed by atoms with Crippen molar-refractivity contribution in [2.24, 2.45) is 0 Å². The average Bonchev–Trinajstić information content (AvgIpc) is 2.56. The van der Waals surface area contributed by atoms with E-state index in [-0.39, 0.29) is 19.0 Å². The van der Waals surface area contributed by atoms with Gasteiger partial charge in [-0.15, -0.1) is 0 Å². The minimum absolute atomic E-state index is 0.214. The summed E-state index contributed by atoms with van der Waals surface area (Å²) < 4.78 is 15.6. The smallest absolute Gasteiger partial charge is 0.349 e. The second kappa shape index (κ2) is 8.15. The van der Waals surface area contributed by atoms with Crippen LogP contribution in [0.4, 0.5) is 0 Å². The van der Waals surface area contributed by atoms with Gasteiger partial charge in [0.2, 0.25) is 0 Å². The van der Waals surface area contributed by atoms with Crippen LogP contribution in [0.3, 0.4) is 0 Å². The molecule has 0 N–H and O–H groups in total. The van der Waals surface area contributed by atoms with Crippen LogP contribution in [0.5, 0.6) is 11.5 Å². The molecule has 2 rings (SSSR count). The first-order valence-electron chi connectivity index (χ1n) is 7.67. The number of carbonyl (C=O) groups is 2. The molecule has 0 unspecified atom stereocenters. The van der Waals surface area contributed by atoms with Crippen molar-refractivity contribution in [1.82, 2.24) is 0 Å². The van der Waals surface area contributed by atoms with E-state index in [2.05, 4.69) is 0 Å². The minimum Gasteiger partial charge on any atom is -0.482 e. The fraction of sp³-hybridized carbons (Fsp3) is 0.263. The minimum atomic E-state index is -0.545. The van der Waals surface area contributed by atoms with Crippen LogP contribution in [-0.4, -0.2) is 25.2 Å². The number of carbonyl (C=O) groups excluding carboxylic acids is 2. The van der Waals surface area contributed by atoms with Crippen LogP contribution in [0.25, 0.3) is 0 Å². The Labute approximate surface area is 141 Å².